The van der Waals surface area contributed by atoms with Crippen LogP contribution >= 0.6 is 11.3 Å². The lowest BCUT2D eigenvalue weighted by Crippen LogP contribution is -2.20. The van der Waals surface area contributed by atoms with Gasteiger partial charge in [0.05, 0.1) is 9.75 Å². The van der Waals surface area contributed by atoms with Gasteiger partial charge < -0.3 is 4.90 Å². The third-order valence-electron chi connectivity index (χ3n) is 2.59. The van der Waals surface area contributed by atoms with Crippen molar-refractivity contribution in [3.8, 4) is 10.6 Å². The number of aromatic nitrogens is 2. The van der Waals surface area contributed by atoms with Crippen molar-refractivity contribution in [1.29, 1.82) is 0 Å². The molecule has 90 valence electrons. The highest BCUT2D eigenvalue weighted by atomic mass is 32.1. The molecule has 2 aromatic rings. The van der Waals surface area contributed by atoms with E-state index in [2.05, 4.69) is 5.10 Å². The first kappa shape index (κ1) is 11.9. The first-order chi connectivity index (χ1) is 7.99. The quantitative estimate of drug-likeness (QED) is 0.818. The van der Waals surface area contributed by atoms with Crippen molar-refractivity contribution >= 4 is 17.2 Å². The molecule has 0 unspecified atom stereocenters. The van der Waals surface area contributed by atoms with Gasteiger partial charge in [0.25, 0.3) is 5.91 Å². The van der Waals surface area contributed by atoms with Crippen molar-refractivity contribution in [1.82, 2.24) is 14.7 Å². The average molecular weight is 249 g/mol. The van der Waals surface area contributed by atoms with Gasteiger partial charge in [-0.2, -0.15) is 5.10 Å². The Balaban J connectivity index is 2.33. The van der Waals surface area contributed by atoms with E-state index in [1.807, 2.05) is 36.9 Å². The van der Waals surface area contributed by atoms with Crippen LogP contribution in [-0.2, 0) is 7.05 Å². The summed E-state index contributed by atoms with van der Waals surface area (Å²) in [5.74, 6) is 0.0360. The normalized spacial score (nSPS) is 10.6. The lowest BCUT2D eigenvalue weighted by molar-refractivity contribution is 0.0832. The zero-order chi connectivity index (χ0) is 12.6. The summed E-state index contributed by atoms with van der Waals surface area (Å²) in [6.45, 7) is 2.01. The van der Waals surface area contributed by atoms with Crippen LogP contribution in [0.15, 0.2) is 18.2 Å². The fourth-order valence-corrected chi connectivity index (χ4v) is 2.48. The molecule has 4 nitrogen and oxygen atoms in total. The smallest absolute Gasteiger partial charge is 0.263 e. The Morgan fingerprint density at radius 1 is 1.41 bits per heavy atom. The van der Waals surface area contributed by atoms with Crippen molar-refractivity contribution < 1.29 is 4.79 Å². The molecule has 17 heavy (non-hydrogen) atoms. The molecule has 0 N–H and O–H groups in total. The average Bonchev–Trinajstić information content (AvgIpc) is 2.85. The second-order valence-electron chi connectivity index (χ2n) is 4.16. The molecule has 2 heterocycles. The van der Waals surface area contributed by atoms with Gasteiger partial charge in [0.1, 0.15) is 5.69 Å². The summed E-state index contributed by atoms with van der Waals surface area (Å²) in [5, 5.41) is 4.40. The minimum absolute atomic E-state index is 0.0360. The molecule has 0 aliphatic carbocycles. The Labute approximate surface area is 104 Å². The first-order valence-corrected chi connectivity index (χ1v) is 6.13. The van der Waals surface area contributed by atoms with Crippen molar-refractivity contribution in [2.45, 2.75) is 6.92 Å². The van der Waals surface area contributed by atoms with Gasteiger partial charge in [-0.25, -0.2) is 0 Å². The SMILES string of the molecule is Cc1cc(-c2ccc(C(=O)N(C)C)s2)nn1C. The van der Waals surface area contributed by atoms with Gasteiger partial charge in [-0.15, -0.1) is 11.3 Å². The molecule has 0 radical (unpaired) electrons. The van der Waals surface area contributed by atoms with E-state index in [1.54, 1.807) is 19.0 Å². The van der Waals surface area contributed by atoms with Crippen LogP contribution < -0.4 is 0 Å². The zero-order valence-electron chi connectivity index (χ0n) is 10.4. The summed E-state index contributed by atoms with van der Waals surface area (Å²) in [7, 11) is 5.43. The topological polar surface area (TPSA) is 38.1 Å². The third kappa shape index (κ3) is 2.24. The summed E-state index contributed by atoms with van der Waals surface area (Å²) in [4.78, 5) is 15.1. The standard InChI is InChI=1S/C12H15N3OS/c1-8-7-9(13-15(8)4)10-5-6-11(17-10)12(16)14(2)3/h5-7H,1-4H3. The van der Waals surface area contributed by atoms with Crippen LogP contribution in [-0.4, -0.2) is 34.7 Å². The van der Waals surface area contributed by atoms with Crippen LogP contribution in [0.5, 0.6) is 0 Å². The van der Waals surface area contributed by atoms with Gasteiger partial charge in [-0.05, 0) is 25.1 Å². The Bertz CT molecular complexity index is 534. The van der Waals surface area contributed by atoms with E-state index in [4.69, 9.17) is 0 Å². The molecule has 2 aromatic heterocycles. The van der Waals surface area contributed by atoms with Gasteiger partial charge >= 0.3 is 0 Å². The van der Waals surface area contributed by atoms with E-state index in [0.29, 0.717) is 0 Å². The maximum Gasteiger partial charge on any atom is 0.263 e. The Kier molecular flexibility index (Phi) is 3.02. The monoisotopic (exact) mass is 249 g/mol. The lowest BCUT2D eigenvalue weighted by Gasteiger charge is -2.06. The van der Waals surface area contributed by atoms with E-state index in [1.165, 1.54) is 11.3 Å². The van der Waals surface area contributed by atoms with Crippen LogP contribution in [0, 0.1) is 6.92 Å². The number of aryl methyl sites for hydroxylation is 2. The molecule has 1 amide bonds. The zero-order valence-corrected chi connectivity index (χ0v) is 11.2. The molecule has 0 atom stereocenters. The van der Waals surface area contributed by atoms with Crippen molar-refractivity contribution in [3.63, 3.8) is 0 Å². The second-order valence-corrected chi connectivity index (χ2v) is 5.24. The molecule has 0 saturated heterocycles. The summed E-state index contributed by atoms with van der Waals surface area (Å²) in [6, 6.07) is 5.82. The summed E-state index contributed by atoms with van der Waals surface area (Å²) < 4.78 is 1.84. The summed E-state index contributed by atoms with van der Waals surface area (Å²) >= 11 is 1.48. The minimum Gasteiger partial charge on any atom is -0.344 e. The van der Waals surface area contributed by atoms with E-state index in [0.717, 1.165) is 21.1 Å². The molecule has 0 bridgehead atoms. The molecule has 5 heteroatoms. The highest BCUT2D eigenvalue weighted by molar-refractivity contribution is 7.17. The van der Waals surface area contributed by atoms with Gasteiger partial charge in [0.15, 0.2) is 0 Å². The number of hydrogen-bond donors (Lipinski definition) is 0. The molecule has 0 aliphatic heterocycles. The van der Waals surface area contributed by atoms with Crippen LogP contribution in [0.4, 0.5) is 0 Å². The van der Waals surface area contributed by atoms with E-state index >= 15 is 0 Å². The van der Waals surface area contributed by atoms with Crippen molar-refractivity contribution in [2.24, 2.45) is 7.05 Å². The number of amides is 1. The fourth-order valence-electron chi connectivity index (χ4n) is 1.49. The molecule has 0 spiro atoms. The number of thiophene rings is 1. The van der Waals surface area contributed by atoms with Crippen LogP contribution in [0.1, 0.15) is 15.4 Å². The van der Waals surface area contributed by atoms with E-state index in [9.17, 15) is 4.79 Å². The largest absolute Gasteiger partial charge is 0.344 e. The van der Waals surface area contributed by atoms with Crippen molar-refractivity contribution in [2.75, 3.05) is 14.1 Å². The fraction of sp³-hybridized carbons (Fsp3) is 0.333. The molecule has 0 fully saturated rings. The molecular formula is C12H15N3OS. The van der Waals surface area contributed by atoms with E-state index in [-0.39, 0.29) is 5.91 Å². The van der Waals surface area contributed by atoms with Gasteiger partial charge in [0.2, 0.25) is 0 Å². The molecule has 0 aliphatic rings. The van der Waals surface area contributed by atoms with E-state index < -0.39 is 0 Å². The summed E-state index contributed by atoms with van der Waals surface area (Å²) in [5.41, 5.74) is 2.03. The summed E-state index contributed by atoms with van der Waals surface area (Å²) in [6.07, 6.45) is 0. The second kappa shape index (κ2) is 4.33. The number of rotatable bonds is 2. The van der Waals surface area contributed by atoms with Gasteiger partial charge in [-0.1, -0.05) is 0 Å². The number of nitrogens with zero attached hydrogens (tertiary/aromatic N) is 3. The van der Waals surface area contributed by atoms with Crippen LogP contribution in [0.2, 0.25) is 0 Å². The lowest BCUT2D eigenvalue weighted by atomic mass is 10.3. The highest BCUT2D eigenvalue weighted by Gasteiger charge is 2.13. The predicted molar refractivity (Wildman–Crippen MR) is 69.3 cm³/mol. The number of carbonyl (C=O) groups is 1. The number of carbonyl (C=O) groups excluding carboxylic acids is 1. The maximum absolute atomic E-state index is 11.8. The Hall–Kier alpha value is -1.62. The third-order valence-corrected chi connectivity index (χ3v) is 3.68. The molecule has 2 rings (SSSR count). The molecule has 0 saturated carbocycles. The number of hydrogen-bond acceptors (Lipinski definition) is 3. The van der Waals surface area contributed by atoms with Gasteiger partial charge in [0, 0.05) is 26.8 Å². The van der Waals surface area contributed by atoms with Crippen LogP contribution in [0.3, 0.4) is 0 Å². The first-order valence-electron chi connectivity index (χ1n) is 5.31. The molecular weight excluding hydrogens is 234 g/mol. The Morgan fingerprint density at radius 3 is 2.65 bits per heavy atom. The Morgan fingerprint density at radius 2 is 2.12 bits per heavy atom. The predicted octanol–water partition coefficient (Wildman–Crippen LogP) is 2.16. The maximum atomic E-state index is 11.8. The van der Waals surface area contributed by atoms with Crippen molar-refractivity contribution in [3.05, 3.63) is 28.8 Å². The molecule has 0 aromatic carbocycles. The van der Waals surface area contributed by atoms with Crippen LogP contribution in [0.25, 0.3) is 10.6 Å². The highest BCUT2D eigenvalue weighted by Crippen LogP contribution is 2.27. The minimum atomic E-state index is 0.0360. The van der Waals surface area contributed by atoms with Gasteiger partial charge in [-0.3, -0.25) is 9.48 Å².